The largest absolute Gasteiger partial charge is 0.357 e. The molecule has 1 unspecified atom stereocenters. The van der Waals surface area contributed by atoms with Crippen LogP contribution in [0.4, 0.5) is 0 Å². The Hall–Kier alpha value is -0.480. The van der Waals surface area contributed by atoms with E-state index in [0.717, 1.165) is 25.5 Å². The maximum atomic E-state index is 5.25. The topological polar surface area (TPSA) is 39.7 Å². The van der Waals surface area contributed by atoms with Crippen molar-refractivity contribution >= 4 is 29.9 Å². The molecule has 1 saturated heterocycles. The lowest BCUT2D eigenvalue weighted by molar-refractivity contribution is 0.242. The summed E-state index contributed by atoms with van der Waals surface area (Å²) in [5.74, 6) is 3.40. The van der Waals surface area contributed by atoms with E-state index in [1.807, 2.05) is 0 Å². The minimum absolute atomic E-state index is 0. The summed E-state index contributed by atoms with van der Waals surface area (Å²) in [7, 11) is 0. The number of guanidine groups is 1. The maximum Gasteiger partial charge on any atom is 0.192 e. The quantitative estimate of drug-likeness (QED) is 0.320. The molecule has 0 saturated carbocycles. The molecule has 0 bridgehead atoms. The predicted molar refractivity (Wildman–Crippen MR) is 93.1 cm³/mol. The molecule has 0 aliphatic carbocycles. The van der Waals surface area contributed by atoms with Crippen molar-refractivity contribution in [1.29, 1.82) is 0 Å². The van der Waals surface area contributed by atoms with E-state index in [-0.39, 0.29) is 24.0 Å². The van der Waals surface area contributed by atoms with Gasteiger partial charge in [-0.1, -0.05) is 12.8 Å². The highest BCUT2D eigenvalue weighted by Gasteiger charge is 2.19. The Bertz CT molecular complexity index is 292. The molecule has 5 heteroatoms. The van der Waals surface area contributed by atoms with E-state index in [4.69, 9.17) is 6.42 Å². The lowest BCUT2D eigenvalue weighted by Gasteiger charge is -2.25. The molecule has 0 aromatic carbocycles. The number of hydrogen-bond donors (Lipinski definition) is 2. The van der Waals surface area contributed by atoms with Gasteiger partial charge in [-0.2, -0.15) is 0 Å². The zero-order valence-electron chi connectivity index (χ0n) is 12.1. The van der Waals surface area contributed by atoms with Gasteiger partial charge in [0.1, 0.15) is 0 Å². The third kappa shape index (κ3) is 7.02. The van der Waals surface area contributed by atoms with Gasteiger partial charge in [-0.05, 0) is 39.3 Å². The number of aliphatic imine (C=N–C) groups is 1. The monoisotopic (exact) mass is 378 g/mol. The lowest BCUT2D eigenvalue weighted by atomic mass is 10.2. The molecule has 1 fully saturated rings. The van der Waals surface area contributed by atoms with Crippen molar-refractivity contribution in [3.63, 3.8) is 0 Å². The molecule has 0 aromatic heterocycles. The van der Waals surface area contributed by atoms with Crippen molar-refractivity contribution in [3.8, 4) is 12.3 Å². The van der Waals surface area contributed by atoms with Crippen LogP contribution in [0.5, 0.6) is 0 Å². The molecule has 1 rings (SSSR count). The smallest absolute Gasteiger partial charge is 0.192 e. The van der Waals surface area contributed by atoms with Crippen LogP contribution in [0.3, 0.4) is 0 Å². The first-order valence-corrected chi connectivity index (χ1v) is 7.01. The van der Waals surface area contributed by atoms with Gasteiger partial charge >= 0.3 is 0 Å². The Balaban J connectivity index is 0.00000324. The molecule has 1 aliphatic heterocycles. The number of rotatable bonds is 6. The summed E-state index contributed by atoms with van der Waals surface area (Å²) in [6.45, 7) is 8.97. The third-order valence-corrected chi connectivity index (χ3v) is 3.29. The lowest BCUT2D eigenvalue weighted by Crippen LogP contribution is -2.40. The molecule has 0 aromatic rings. The zero-order valence-corrected chi connectivity index (χ0v) is 14.4. The van der Waals surface area contributed by atoms with Gasteiger partial charge in [-0.25, -0.2) is 0 Å². The van der Waals surface area contributed by atoms with E-state index < -0.39 is 0 Å². The average Bonchev–Trinajstić information content (AvgIpc) is 2.90. The van der Waals surface area contributed by atoms with Gasteiger partial charge in [0.05, 0.1) is 13.1 Å². The van der Waals surface area contributed by atoms with Crippen molar-refractivity contribution in [2.75, 3.05) is 32.7 Å². The molecule has 4 nitrogen and oxygen atoms in total. The molecular formula is C14H27IN4. The van der Waals surface area contributed by atoms with Crippen molar-refractivity contribution in [2.24, 2.45) is 4.99 Å². The predicted octanol–water partition coefficient (Wildman–Crippen LogP) is 1.67. The van der Waals surface area contributed by atoms with Crippen LogP contribution in [-0.4, -0.2) is 49.6 Å². The van der Waals surface area contributed by atoms with Gasteiger partial charge in [-0.3, -0.25) is 9.89 Å². The SMILES string of the molecule is C#CCNC(=NCC(CC)N1CCCC1)NCC.I. The highest BCUT2D eigenvalue weighted by molar-refractivity contribution is 14.0. The molecule has 2 N–H and O–H groups in total. The van der Waals surface area contributed by atoms with Gasteiger partial charge in [0.2, 0.25) is 0 Å². The van der Waals surface area contributed by atoms with Crippen molar-refractivity contribution in [1.82, 2.24) is 15.5 Å². The number of terminal acetylenes is 1. The van der Waals surface area contributed by atoms with E-state index in [1.54, 1.807) is 0 Å². The second-order valence-electron chi connectivity index (χ2n) is 4.58. The van der Waals surface area contributed by atoms with Crippen molar-refractivity contribution in [3.05, 3.63) is 0 Å². The first-order valence-electron chi connectivity index (χ1n) is 7.01. The summed E-state index contributed by atoms with van der Waals surface area (Å²) in [4.78, 5) is 7.17. The molecule has 1 atom stereocenters. The van der Waals surface area contributed by atoms with Crippen LogP contribution >= 0.6 is 24.0 Å². The molecule has 0 radical (unpaired) electrons. The molecule has 19 heavy (non-hydrogen) atoms. The van der Waals surface area contributed by atoms with E-state index in [9.17, 15) is 0 Å². The van der Waals surface area contributed by atoms with Crippen LogP contribution in [0.2, 0.25) is 0 Å². The van der Waals surface area contributed by atoms with Gasteiger partial charge in [0.25, 0.3) is 0 Å². The Morgan fingerprint density at radius 3 is 2.53 bits per heavy atom. The fraction of sp³-hybridized carbons (Fsp3) is 0.786. The van der Waals surface area contributed by atoms with Gasteiger partial charge in [0.15, 0.2) is 5.96 Å². The summed E-state index contributed by atoms with van der Waals surface area (Å²) in [6, 6.07) is 0.564. The third-order valence-electron chi connectivity index (χ3n) is 3.29. The Labute approximate surface area is 134 Å². The van der Waals surface area contributed by atoms with E-state index in [0.29, 0.717) is 12.6 Å². The molecular weight excluding hydrogens is 351 g/mol. The van der Waals surface area contributed by atoms with Gasteiger partial charge in [0, 0.05) is 12.6 Å². The number of halogens is 1. The second kappa shape index (κ2) is 11.4. The molecule has 0 spiro atoms. The highest BCUT2D eigenvalue weighted by atomic mass is 127. The number of likely N-dealkylation sites (tertiary alicyclic amines) is 1. The minimum Gasteiger partial charge on any atom is -0.357 e. The summed E-state index contributed by atoms with van der Waals surface area (Å²) < 4.78 is 0. The zero-order chi connectivity index (χ0) is 13.2. The molecule has 0 amide bonds. The van der Waals surface area contributed by atoms with Crippen molar-refractivity contribution in [2.45, 2.75) is 39.2 Å². The van der Waals surface area contributed by atoms with Crippen LogP contribution in [0.1, 0.15) is 33.1 Å². The Morgan fingerprint density at radius 1 is 1.32 bits per heavy atom. The summed E-state index contributed by atoms with van der Waals surface area (Å²) in [5, 5.41) is 6.34. The fourth-order valence-electron chi connectivity index (χ4n) is 2.28. The first kappa shape index (κ1) is 18.5. The van der Waals surface area contributed by atoms with E-state index in [2.05, 4.69) is 40.3 Å². The van der Waals surface area contributed by atoms with Gasteiger partial charge < -0.3 is 10.6 Å². The van der Waals surface area contributed by atoms with Crippen LogP contribution in [0, 0.1) is 12.3 Å². The summed E-state index contributed by atoms with van der Waals surface area (Å²) >= 11 is 0. The minimum atomic E-state index is 0. The second-order valence-corrected chi connectivity index (χ2v) is 4.58. The Kier molecular flexibility index (Phi) is 11.1. The van der Waals surface area contributed by atoms with E-state index in [1.165, 1.54) is 25.9 Å². The van der Waals surface area contributed by atoms with Gasteiger partial charge in [-0.15, -0.1) is 30.4 Å². The Morgan fingerprint density at radius 2 is 2.00 bits per heavy atom. The summed E-state index contributed by atoms with van der Waals surface area (Å²) in [6.07, 6.45) is 9.06. The number of hydrogen-bond acceptors (Lipinski definition) is 2. The van der Waals surface area contributed by atoms with Crippen LogP contribution in [0.25, 0.3) is 0 Å². The number of nitrogens with zero attached hydrogens (tertiary/aromatic N) is 2. The van der Waals surface area contributed by atoms with Crippen LogP contribution < -0.4 is 10.6 Å². The first-order chi connectivity index (χ1) is 8.81. The standard InChI is InChI=1S/C14H26N4.HI/c1-4-9-16-14(15-6-3)17-12-13(5-2)18-10-7-8-11-18;/h1,13H,5-12H2,2-3H3,(H2,15,16,17);1H. The number of nitrogens with one attached hydrogen (secondary N) is 2. The molecule has 110 valence electrons. The normalized spacial score (nSPS) is 17.4. The van der Waals surface area contributed by atoms with Crippen molar-refractivity contribution < 1.29 is 0 Å². The molecule has 1 aliphatic rings. The fourth-order valence-corrected chi connectivity index (χ4v) is 2.28. The van der Waals surface area contributed by atoms with Crippen LogP contribution in [-0.2, 0) is 0 Å². The average molecular weight is 378 g/mol. The highest BCUT2D eigenvalue weighted by Crippen LogP contribution is 2.14. The van der Waals surface area contributed by atoms with Crippen LogP contribution in [0.15, 0.2) is 4.99 Å². The maximum absolute atomic E-state index is 5.25. The summed E-state index contributed by atoms with van der Waals surface area (Å²) in [5.41, 5.74) is 0. The molecule has 1 heterocycles. The van der Waals surface area contributed by atoms with E-state index >= 15 is 0 Å².